The number of halogens is 1. The second kappa shape index (κ2) is 4.07. The molecule has 0 aliphatic heterocycles. The predicted octanol–water partition coefficient (Wildman–Crippen LogP) is 1.22. The second-order valence-electron chi connectivity index (χ2n) is 2.54. The van der Waals surface area contributed by atoms with Crippen LogP contribution in [0.25, 0.3) is 0 Å². The van der Waals surface area contributed by atoms with Crippen molar-refractivity contribution in [1.29, 1.82) is 0 Å². The third kappa shape index (κ3) is 2.51. The molecule has 0 saturated heterocycles. The summed E-state index contributed by atoms with van der Waals surface area (Å²) in [5, 5.41) is 0. The van der Waals surface area contributed by atoms with E-state index in [1.54, 1.807) is 6.07 Å². The number of nitrogens with two attached hydrogens (primary N) is 1. The lowest BCUT2D eigenvalue weighted by atomic mass is 10.2. The maximum atomic E-state index is 10.7. The summed E-state index contributed by atoms with van der Waals surface area (Å²) in [7, 11) is 0. The van der Waals surface area contributed by atoms with Crippen molar-refractivity contribution in [3.63, 3.8) is 0 Å². The molecule has 3 nitrogen and oxygen atoms in total. The highest BCUT2D eigenvalue weighted by Crippen LogP contribution is 2.02. The van der Waals surface area contributed by atoms with Gasteiger partial charge in [-0.15, -0.1) is 12.4 Å². The minimum Gasteiger partial charge on any atom is -0.364 e. The first-order valence-electron chi connectivity index (χ1n) is 3.34. The number of hydrogen-bond donors (Lipinski definition) is 1. The summed E-state index contributed by atoms with van der Waals surface area (Å²) in [6.07, 6.45) is 0. The molecule has 0 unspecified atom stereocenters. The first kappa shape index (κ1) is 10.9. The van der Waals surface area contributed by atoms with Gasteiger partial charge in [-0.1, -0.05) is 0 Å². The van der Waals surface area contributed by atoms with E-state index in [1.807, 2.05) is 19.9 Å². The number of amides is 1. The quantitative estimate of drug-likeness (QED) is 0.717. The minimum atomic E-state index is -0.475. The zero-order chi connectivity index (χ0) is 8.43. The largest absolute Gasteiger partial charge is 0.364 e. The van der Waals surface area contributed by atoms with E-state index < -0.39 is 5.91 Å². The summed E-state index contributed by atoms with van der Waals surface area (Å²) in [5.41, 5.74) is 7.21. The molecule has 12 heavy (non-hydrogen) atoms. The van der Waals surface area contributed by atoms with Crippen molar-refractivity contribution in [2.45, 2.75) is 13.8 Å². The Morgan fingerprint density at radius 1 is 1.42 bits per heavy atom. The van der Waals surface area contributed by atoms with Crippen molar-refractivity contribution in [2.24, 2.45) is 5.73 Å². The van der Waals surface area contributed by atoms with Crippen LogP contribution in [0.3, 0.4) is 0 Å². The molecular formula is C8H11ClN2O. The van der Waals surface area contributed by atoms with E-state index in [2.05, 4.69) is 4.98 Å². The highest BCUT2D eigenvalue weighted by atomic mass is 35.5. The first-order valence-corrected chi connectivity index (χ1v) is 3.34. The Bertz CT molecular complexity index is 279. The monoisotopic (exact) mass is 186 g/mol. The zero-order valence-electron chi connectivity index (χ0n) is 7.00. The van der Waals surface area contributed by atoms with Crippen LogP contribution in [0.1, 0.15) is 21.7 Å². The molecule has 0 aliphatic rings. The number of hydrogen-bond acceptors (Lipinski definition) is 2. The molecule has 0 spiro atoms. The fourth-order valence-corrected chi connectivity index (χ4v) is 0.968. The average Bonchev–Trinajstić information content (AvgIpc) is 1.85. The van der Waals surface area contributed by atoms with Gasteiger partial charge in [0.05, 0.1) is 0 Å². The van der Waals surface area contributed by atoms with E-state index in [-0.39, 0.29) is 12.4 Å². The van der Waals surface area contributed by atoms with Crippen LogP contribution in [0.2, 0.25) is 0 Å². The fraction of sp³-hybridized carbons (Fsp3) is 0.250. The molecule has 0 atom stereocenters. The van der Waals surface area contributed by atoms with Gasteiger partial charge in [0.2, 0.25) is 0 Å². The van der Waals surface area contributed by atoms with Gasteiger partial charge in [0.25, 0.3) is 5.91 Å². The number of carbonyl (C=O) groups excluding carboxylic acids is 1. The van der Waals surface area contributed by atoms with Crippen LogP contribution in [-0.4, -0.2) is 10.9 Å². The number of primary amides is 1. The summed E-state index contributed by atoms with van der Waals surface area (Å²) in [6, 6.07) is 3.57. The van der Waals surface area contributed by atoms with Gasteiger partial charge in [-0.2, -0.15) is 0 Å². The average molecular weight is 187 g/mol. The molecule has 1 aromatic rings. The highest BCUT2D eigenvalue weighted by molar-refractivity contribution is 5.90. The molecule has 0 aliphatic carbocycles. The SMILES string of the molecule is Cc1cc(C)nc(C(N)=O)c1.Cl. The molecule has 0 aromatic carbocycles. The molecule has 0 radical (unpaired) electrons. The van der Waals surface area contributed by atoms with Gasteiger partial charge < -0.3 is 5.73 Å². The Balaban J connectivity index is 0.00000121. The van der Waals surface area contributed by atoms with Crippen LogP contribution in [0.4, 0.5) is 0 Å². The van der Waals surface area contributed by atoms with E-state index in [4.69, 9.17) is 5.73 Å². The zero-order valence-corrected chi connectivity index (χ0v) is 7.81. The lowest BCUT2D eigenvalue weighted by Crippen LogP contribution is -2.13. The fourth-order valence-electron chi connectivity index (χ4n) is 0.968. The molecular weight excluding hydrogens is 176 g/mol. The standard InChI is InChI=1S/C8H10N2O.ClH/c1-5-3-6(2)10-7(4-5)8(9)11;/h3-4H,1-2H3,(H2,9,11);1H. The van der Waals surface area contributed by atoms with Crippen molar-refractivity contribution in [3.05, 3.63) is 29.1 Å². The van der Waals surface area contributed by atoms with Crippen molar-refractivity contribution in [2.75, 3.05) is 0 Å². The van der Waals surface area contributed by atoms with E-state index in [1.165, 1.54) is 0 Å². The molecule has 0 saturated carbocycles. The van der Waals surface area contributed by atoms with Gasteiger partial charge >= 0.3 is 0 Å². The third-order valence-corrected chi connectivity index (χ3v) is 1.35. The molecule has 1 aromatic heterocycles. The van der Waals surface area contributed by atoms with Gasteiger partial charge in [-0.3, -0.25) is 4.79 Å². The number of aryl methyl sites for hydroxylation is 2. The number of carbonyl (C=O) groups is 1. The molecule has 2 N–H and O–H groups in total. The predicted molar refractivity (Wildman–Crippen MR) is 49.5 cm³/mol. The van der Waals surface area contributed by atoms with Crippen LogP contribution in [0.5, 0.6) is 0 Å². The van der Waals surface area contributed by atoms with Crippen molar-refractivity contribution >= 4 is 18.3 Å². The molecule has 0 fully saturated rings. The molecule has 1 amide bonds. The summed E-state index contributed by atoms with van der Waals surface area (Å²) in [5.74, 6) is -0.475. The minimum absolute atomic E-state index is 0. The summed E-state index contributed by atoms with van der Waals surface area (Å²) in [4.78, 5) is 14.6. The second-order valence-corrected chi connectivity index (χ2v) is 2.54. The Hall–Kier alpha value is -1.09. The van der Waals surface area contributed by atoms with Gasteiger partial charge in [0.15, 0.2) is 0 Å². The van der Waals surface area contributed by atoms with E-state index in [0.717, 1.165) is 11.3 Å². The topological polar surface area (TPSA) is 56.0 Å². The molecule has 4 heteroatoms. The van der Waals surface area contributed by atoms with Crippen molar-refractivity contribution in [1.82, 2.24) is 4.98 Å². The highest BCUT2D eigenvalue weighted by Gasteiger charge is 2.01. The van der Waals surface area contributed by atoms with E-state index >= 15 is 0 Å². The lowest BCUT2D eigenvalue weighted by molar-refractivity contribution is 0.0995. The van der Waals surface area contributed by atoms with E-state index in [0.29, 0.717) is 5.69 Å². The number of aromatic nitrogens is 1. The number of nitrogens with zero attached hydrogens (tertiary/aromatic N) is 1. The molecule has 1 rings (SSSR count). The van der Waals surface area contributed by atoms with Crippen LogP contribution >= 0.6 is 12.4 Å². The number of pyridine rings is 1. The van der Waals surface area contributed by atoms with Crippen molar-refractivity contribution < 1.29 is 4.79 Å². The Morgan fingerprint density at radius 3 is 2.42 bits per heavy atom. The van der Waals surface area contributed by atoms with Gasteiger partial charge in [0.1, 0.15) is 5.69 Å². The van der Waals surface area contributed by atoms with E-state index in [9.17, 15) is 4.79 Å². The molecule has 1 heterocycles. The summed E-state index contributed by atoms with van der Waals surface area (Å²) in [6.45, 7) is 3.74. The van der Waals surface area contributed by atoms with Crippen molar-refractivity contribution in [3.8, 4) is 0 Å². The smallest absolute Gasteiger partial charge is 0.267 e. The first-order chi connectivity index (χ1) is 5.09. The Kier molecular flexibility index (Phi) is 3.70. The lowest BCUT2D eigenvalue weighted by Gasteiger charge is -1.98. The van der Waals surface area contributed by atoms with Crippen LogP contribution in [0, 0.1) is 13.8 Å². The Labute approximate surface area is 77.4 Å². The van der Waals surface area contributed by atoms with Gasteiger partial charge in [-0.05, 0) is 31.5 Å². The summed E-state index contributed by atoms with van der Waals surface area (Å²) >= 11 is 0. The van der Waals surface area contributed by atoms with Gasteiger partial charge in [0, 0.05) is 5.69 Å². The molecule has 66 valence electrons. The van der Waals surface area contributed by atoms with Crippen LogP contribution in [0.15, 0.2) is 12.1 Å². The maximum absolute atomic E-state index is 10.7. The number of rotatable bonds is 1. The Morgan fingerprint density at radius 2 is 2.00 bits per heavy atom. The third-order valence-electron chi connectivity index (χ3n) is 1.35. The summed E-state index contributed by atoms with van der Waals surface area (Å²) < 4.78 is 0. The normalized spacial score (nSPS) is 8.83. The van der Waals surface area contributed by atoms with Gasteiger partial charge in [-0.25, -0.2) is 4.98 Å². The maximum Gasteiger partial charge on any atom is 0.267 e. The van der Waals surface area contributed by atoms with Crippen LogP contribution < -0.4 is 5.73 Å². The molecule has 0 bridgehead atoms. The van der Waals surface area contributed by atoms with Crippen LogP contribution in [-0.2, 0) is 0 Å².